The molecule has 2 heterocycles. The number of rotatable bonds is 3. The molecule has 1 spiro atoms. The molecule has 0 aromatic heterocycles. The van der Waals surface area contributed by atoms with Crippen LogP contribution in [-0.4, -0.2) is 68.2 Å². The maximum Gasteiger partial charge on any atom is 0.317 e. The highest BCUT2D eigenvalue weighted by Crippen LogP contribution is 2.29. The van der Waals surface area contributed by atoms with Crippen LogP contribution in [0.25, 0.3) is 0 Å². The van der Waals surface area contributed by atoms with E-state index < -0.39 is 0 Å². The zero-order valence-corrected chi connectivity index (χ0v) is 12.8. The van der Waals surface area contributed by atoms with Crippen LogP contribution in [-0.2, 0) is 14.2 Å². The molecule has 0 unspecified atom stereocenters. The zero-order valence-electron chi connectivity index (χ0n) is 12.8. The van der Waals surface area contributed by atoms with Gasteiger partial charge < -0.3 is 24.4 Å². The van der Waals surface area contributed by atoms with Crippen LogP contribution >= 0.6 is 0 Å². The normalized spacial score (nSPS) is 31.8. The monoisotopic (exact) mass is 298 g/mol. The third kappa shape index (κ3) is 3.49. The Morgan fingerprint density at radius 3 is 2.81 bits per heavy atom. The van der Waals surface area contributed by atoms with Crippen molar-refractivity contribution in [2.24, 2.45) is 0 Å². The largest absolute Gasteiger partial charge is 0.381 e. The number of morpholine rings is 1. The second-order valence-electron chi connectivity index (χ2n) is 6.26. The fraction of sp³-hybridized carbons (Fsp3) is 0.933. The number of carbonyl (C=O) groups excluding carboxylic acids is 1. The van der Waals surface area contributed by atoms with Crippen LogP contribution in [0.4, 0.5) is 4.79 Å². The molecule has 1 N–H and O–H groups in total. The van der Waals surface area contributed by atoms with Crippen LogP contribution in [0.5, 0.6) is 0 Å². The Balaban J connectivity index is 1.46. The van der Waals surface area contributed by atoms with Gasteiger partial charge in [0.1, 0.15) is 0 Å². The first-order valence-corrected chi connectivity index (χ1v) is 8.09. The second-order valence-corrected chi connectivity index (χ2v) is 6.26. The van der Waals surface area contributed by atoms with Crippen molar-refractivity contribution >= 4 is 6.03 Å². The van der Waals surface area contributed by atoms with Crippen LogP contribution < -0.4 is 5.32 Å². The van der Waals surface area contributed by atoms with Crippen LogP contribution in [0.15, 0.2) is 0 Å². The Hall–Kier alpha value is -0.850. The standard InChI is InChI=1S/C15H26N2O4/c1-2-20-13-9-12(10-13)16-14(18)17-5-8-21-15(11-17)3-6-19-7-4-15/h12-13H,2-11H2,1H3,(H,16,18). The maximum atomic E-state index is 12.4. The summed E-state index contributed by atoms with van der Waals surface area (Å²) in [5.41, 5.74) is -0.179. The number of nitrogens with zero attached hydrogens (tertiary/aromatic N) is 1. The summed E-state index contributed by atoms with van der Waals surface area (Å²) >= 11 is 0. The fourth-order valence-electron chi connectivity index (χ4n) is 3.39. The highest BCUT2D eigenvalue weighted by molar-refractivity contribution is 5.75. The van der Waals surface area contributed by atoms with Crippen molar-refractivity contribution in [2.45, 2.75) is 50.4 Å². The van der Waals surface area contributed by atoms with Gasteiger partial charge in [-0.3, -0.25) is 0 Å². The summed E-state index contributed by atoms with van der Waals surface area (Å²) in [5, 5.41) is 3.12. The van der Waals surface area contributed by atoms with Crippen molar-refractivity contribution < 1.29 is 19.0 Å². The molecule has 0 radical (unpaired) electrons. The van der Waals surface area contributed by atoms with Gasteiger partial charge in [-0.2, -0.15) is 0 Å². The van der Waals surface area contributed by atoms with Crippen LogP contribution in [0, 0.1) is 0 Å². The number of nitrogens with one attached hydrogen (secondary N) is 1. The van der Waals surface area contributed by atoms with E-state index in [0.717, 1.165) is 45.5 Å². The molecular formula is C15H26N2O4. The van der Waals surface area contributed by atoms with E-state index >= 15 is 0 Å². The van der Waals surface area contributed by atoms with Crippen LogP contribution in [0.3, 0.4) is 0 Å². The fourth-order valence-corrected chi connectivity index (χ4v) is 3.39. The first-order chi connectivity index (χ1) is 10.2. The molecule has 120 valence electrons. The molecule has 1 saturated carbocycles. The summed E-state index contributed by atoms with van der Waals surface area (Å²) in [6.07, 6.45) is 3.96. The Bertz CT molecular complexity index is 359. The zero-order chi connectivity index (χ0) is 14.7. The SMILES string of the molecule is CCOC1CC(NC(=O)N2CCOC3(CCOCC3)C2)C1. The lowest BCUT2D eigenvalue weighted by Gasteiger charge is -2.45. The van der Waals surface area contributed by atoms with Crippen molar-refractivity contribution in [2.75, 3.05) is 39.5 Å². The molecular weight excluding hydrogens is 272 g/mol. The predicted octanol–water partition coefficient (Wildman–Crippen LogP) is 1.14. The van der Waals surface area contributed by atoms with Crippen molar-refractivity contribution in [3.63, 3.8) is 0 Å². The van der Waals surface area contributed by atoms with Gasteiger partial charge in [-0.15, -0.1) is 0 Å². The van der Waals surface area contributed by atoms with Gasteiger partial charge in [-0.1, -0.05) is 0 Å². The summed E-state index contributed by atoms with van der Waals surface area (Å²) < 4.78 is 16.9. The molecule has 2 aliphatic heterocycles. The van der Waals surface area contributed by atoms with E-state index in [0.29, 0.717) is 25.8 Å². The Morgan fingerprint density at radius 1 is 1.33 bits per heavy atom. The molecule has 21 heavy (non-hydrogen) atoms. The lowest BCUT2D eigenvalue weighted by molar-refractivity contribution is -0.145. The van der Waals surface area contributed by atoms with Gasteiger partial charge in [0.2, 0.25) is 0 Å². The van der Waals surface area contributed by atoms with E-state index in [1.165, 1.54) is 0 Å². The van der Waals surface area contributed by atoms with Crippen LogP contribution in [0.1, 0.15) is 32.6 Å². The molecule has 0 bridgehead atoms. The van der Waals surface area contributed by atoms with Gasteiger partial charge in [0.25, 0.3) is 0 Å². The smallest absolute Gasteiger partial charge is 0.317 e. The van der Waals surface area contributed by atoms with Crippen LogP contribution in [0.2, 0.25) is 0 Å². The highest BCUT2D eigenvalue weighted by atomic mass is 16.5. The van der Waals surface area contributed by atoms with E-state index in [9.17, 15) is 4.79 Å². The Morgan fingerprint density at radius 2 is 2.10 bits per heavy atom. The van der Waals surface area contributed by atoms with Crippen molar-refractivity contribution in [3.05, 3.63) is 0 Å². The highest BCUT2D eigenvalue weighted by Gasteiger charge is 2.40. The third-order valence-electron chi connectivity index (χ3n) is 4.76. The molecule has 3 aliphatic rings. The minimum Gasteiger partial charge on any atom is -0.381 e. The first kappa shape index (κ1) is 15.1. The van der Waals surface area contributed by atoms with E-state index in [2.05, 4.69) is 5.32 Å². The maximum absolute atomic E-state index is 12.4. The van der Waals surface area contributed by atoms with E-state index in [-0.39, 0.29) is 17.7 Å². The number of carbonyl (C=O) groups is 1. The molecule has 3 fully saturated rings. The van der Waals surface area contributed by atoms with Crippen molar-refractivity contribution in [1.29, 1.82) is 0 Å². The Kier molecular flexibility index (Phi) is 4.66. The van der Waals surface area contributed by atoms with E-state index in [1.807, 2.05) is 11.8 Å². The molecule has 6 heteroatoms. The number of amides is 2. The van der Waals surface area contributed by atoms with Crippen molar-refractivity contribution in [1.82, 2.24) is 10.2 Å². The van der Waals surface area contributed by atoms with Gasteiger partial charge in [0, 0.05) is 45.2 Å². The summed E-state index contributed by atoms with van der Waals surface area (Å²) in [4.78, 5) is 14.3. The summed E-state index contributed by atoms with van der Waals surface area (Å²) in [7, 11) is 0. The molecule has 2 amide bonds. The average Bonchev–Trinajstić information content (AvgIpc) is 2.46. The summed E-state index contributed by atoms with van der Waals surface area (Å²) in [5.74, 6) is 0. The summed E-state index contributed by atoms with van der Waals surface area (Å²) in [6, 6.07) is 0.312. The Labute approximate surface area is 126 Å². The van der Waals surface area contributed by atoms with Gasteiger partial charge in [-0.25, -0.2) is 4.79 Å². The molecule has 0 aromatic carbocycles. The summed E-state index contributed by atoms with van der Waals surface area (Å²) in [6.45, 7) is 6.20. The molecule has 2 saturated heterocycles. The van der Waals surface area contributed by atoms with E-state index in [1.54, 1.807) is 0 Å². The number of hydrogen-bond donors (Lipinski definition) is 1. The molecule has 1 aliphatic carbocycles. The molecule has 0 atom stereocenters. The minimum absolute atomic E-state index is 0.0455. The predicted molar refractivity (Wildman–Crippen MR) is 77.3 cm³/mol. The number of ether oxygens (including phenoxy) is 3. The number of urea groups is 1. The number of hydrogen-bond acceptors (Lipinski definition) is 4. The topological polar surface area (TPSA) is 60.0 Å². The third-order valence-corrected chi connectivity index (χ3v) is 4.76. The van der Waals surface area contributed by atoms with Gasteiger partial charge in [0.05, 0.1) is 24.9 Å². The molecule has 0 aromatic rings. The lowest BCUT2D eigenvalue weighted by atomic mass is 9.89. The molecule has 3 rings (SSSR count). The first-order valence-electron chi connectivity index (χ1n) is 8.09. The van der Waals surface area contributed by atoms with Crippen molar-refractivity contribution in [3.8, 4) is 0 Å². The average molecular weight is 298 g/mol. The quantitative estimate of drug-likeness (QED) is 0.849. The minimum atomic E-state index is -0.179. The lowest BCUT2D eigenvalue weighted by Crippen LogP contribution is -2.60. The second kappa shape index (κ2) is 6.50. The van der Waals surface area contributed by atoms with Gasteiger partial charge in [0.15, 0.2) is 0 Å². The molecule has 6 nitrogen and oxygen atoms in total. The van der Waals surface area contributed by atoms with E-state index in [4.69, 9.17) is 14.2 Å². The van der Waals surface area contributed by atoms with Gasteiger partial charge >= 0.3 is 6.03 Å². The van der Waals surface area contributed by atoms with Gasteiger partial charge in [-0.05, 0) is 19.8 Å².